The van der Waals surface area contributed by atoms with Crippen LogP contribution in [-0.4, -0.2) is 64.4 Å². The van der Waals surface area contributed by atoms with E-state index in [2.05, 4.69) is 9.97 Å². The number of ether oxygens (including phenoxy) is 1. The molecule has 0 aliphatic carbocycles. The summed E-state index contributed by atoms with van der Waals surface area (Å²) in [6.45, 7) is 1.94. The number of aromatic nitrogens is 2. The van der Waals surface area contributed by atoms with Gasteiger partial charge in [0.25, 0.3) is 11.8 Å². The Bertz CT molecular complexity index is 685. The Morgan fingerprint density at radius 3 is 2.38 bits per heavy atom. The van der Waals surface area contributed by atoms with E-state index in [0.717, 1.165) is 0 Å². The smallest absolute Gasteiger partial charge is 0.274 e. The number of benzene rings is 1. The van der Waals surface area contributed by atoms with Gasteiger partial charge < -0.3 is 14.5 Å². The van der Waals surface area contributed by atoms with E-state index in [4.69, 9.17) is 4.74 Å². The number of amides is 2. The Morgan fingerprint density at radius 2 is 1.71 bits per heavy atom. The first-order valence-corrected chi connectivity index (χ1v) is 7.75. The Labute approximate surface area is 139 Å². The summed E-state index contributed by atoms with van der Waals surface area (Å²) in [7, 11) is 0. The van der Waals surface area contributed by atoms with Crippen LogP contribution in [-0.2, 0) is 4.79 Å². The number of carbonyl (C=O) groups excluding carboxylic acids is 2. The molecule has 24 heavy (non-hydrogen) atoms. The predicted molar refractivity (Wildman–Crippen MR) is 86.5 cm³/mol. The summed E-state index contributed by atoms with van der Waals surface area (Å²) >= 11 is 0. The molecule has 0 spiro atoms. The summed E-state index contributed by atoms with van der Waals surface area (Å²) in [4.78, 5) is 35.8. The summed E-state index contributed by atoms with van der Waals surface area (Å²) in [5, 5.41) is 0. The van der Waals surface area contributed by atoms with Crippen LogP contribution in [0.25, 0.3) is 0 Å². The van der Waals surface area contributed by atoms with Crippen molar-refractivity contribution in [3.63, 3.8) is 0 Å². The van der Waals surface area contributed by atoms with E-state index in [-0.39, 0.29) is 18.4 Å². The second-order valence-electron chi connectivity index (χ2n) is 5.37. The number of piperazine rings is 1. The van der Waals surface area contributed by atoms with E-state index in [9.17, 15) is 9.59 Å². The van der Waals surface area contributed by atoms with Crippen molar-refractivity contribution in [1.82, 2.24) is 19.8 Å². The third-order valence-corrected chi connectivity index (χ3v) is 3.81. The van der Waals surface area contributed by atoms with Crippen molar-refractivity contribution in [2.24, 2.45) is 0 Å². The maximum absolute atomic E-state index is 12.3. The van der Waals surface area contributed by atoms with Crippen molar-refractivity contribution in [3.05, 3.63) is 54.6 Å². The maximum atomic E-state index is 12.3. The van der Waals surface area contributed by atoms with Crippen molar-refractivity contribution >= 4 is 11.8 Å². The van der Waals surface area contributed by atoms with Gasteiger partial charge >= 0.3 is 0 Å². The molecule has 7 heteroatoms. The molecular weight excluding hydrogens is 308 g/mol. The van der Waals surface area contributed by atoms with Gasteiger partial charge in [-0.3, -0.25) is 14.6 Å². The standard InChI is InChI=1S/C17H18N4O3/c22-16(13-24-14-4-2-1-3-5-14)20-8-10-21(11-9-20)17(23)15-12-18-6-7-19-15/h1-7,12H,8-11,13H2. The molecule has 2 heterocycles. The third-order valence-electron chi connectivity index (χ3n) is 3.81. The van der Waals surface area contributed by atoms with Gasteiger partial charge in [0.05, 0.1) is 6.20 Å². The van der Waals surface area contributed by atoms with E-state index >= 15 is 0 Å². The molecule has 1 aliphatic heterocycles. The topological polar surface area (TPSA) is 75.6 Å². The number of nitrogens with zero attached hydrogens (tertiary/aromatic N) is 4. The second kappa shape index (κ2) is 7.54. The number of para-hydroxylation sites is 1. The molecule has 0 bridgehead atoms. The maximum Gasteiger partial charge on any atom is 0.274 e. The first-order chi connectivity index (χ1) is 11.7. The molecule has 1 fully saturated rings. The third kappa shape index (κ3) is 3.87. The quantitative estimate of drug-likeness (QED) is 0.832. The first-order valence-electron chi connectivity index (χ1n) is 7.75. The highest BCUT2D eigenvalue weighted by atomic mass is 16.5. The molecule has 0 atom stereocenters. The summed E-state index contributed by atoms with van der Waals surface area (Å²) in [6, 6.07) is 9.23. The molecule has 1 aromatic heterocycles. The molecule has 0 N–H and O–H groups in total. The lowest BCUT2D eigenvalue weighted by molar-refractivity contribution is -0.134. The van der Waals surface area contributed by atoms with Crippen molar-refractivity contribution < 1.29 is 14.3 Å². The summed E-state index contributed by atoms with van der Waals surface area (Å²) in [6.07, 6.45) is 4.47. The fraction of sp³-hybridized carbons (Fsp3) is 0.294. The summed E-state index contributed by atoms with van der Waals surface area (Å²) in [5.74, 6) is 0.434. The van der Waals surface area contributed by atoms with E-state index in [1.165, 1.54) is 18.6 Å². The lowest BCUT2D eigenvalue weighted by atomic mass is 10.2. The zero-order valence-corrected chi connectivity index (χ0v) is 13.2. The van der Waals surface area contributed by atoms with Crippen LogP contribution in [0.2, 0.25) is 0 Å². The van der Waals surface area contributed by atoms with Crippen LogP contribution in [0.3, 0.4) is 0 Å². The van der Waals surface area contributed by atoms with Crippen LogP contribution in [0.1, 0.15) is 10.5 Å². The molecule has 0 unspecified atom stereocenters. The molecule has 1 aromatic carbocycles. The highest BCUT2D eigenvalue weighted by Crippen LogP contribution is 2.10. The van der Waals surface area contributed by atoms with Crippen molar-refractivity contribution in [3.8, 4) is 5.75 Å². The molecule has 7 nitrogen and oxygen atoms in total. The Kier molecular flexibility index (Phi) is 5.00. The van der Waals surface area contributed by atoms with Gasteiger partial charge in [0.1, 0.15) is 11.4 Å². The SMILES string of the molecule is O=C(COc1ccccc1)N1CCN(C(=O)c2cnccn2)CC1. The molecule has 1 aliphatic rings. The molecular formula is C17H18N4O3. The van der Waals surface area contributed by atoms with Gasteiger partial charge in [-0.15, -0.1) is 0 Å². The molecule has 124 valence electrons. The molecule has 3 rings (SSSR count). The van der Waals surface area contributed by atoms with Crippen molar-refractivity contribution in [2.45, 2.75) is 0 Å². The first kappa shape index (κ1) is 15.9. The number of hydrogen-bond acceptors (Lipinski definition) is 5. The van der Waals surface area contributed by atoms with Crippen LogP contribution in [0, 0.1) is 0 Å². The van der Waals surface area contributed by atoms with Gasteiger partial charge in [-0.2, -0.15) is 0 Å². The molecule has 2 aromatic rings. The number of rotatable bonds is 4. The molecule has 1 saturated heterocycles. The molecule has 0 radical (unpaired) electrons. The van der Waals surface area contributed by atoms with Gasteiger partial charge in [-0.1, -0.05) is 18.2 Å². The van der Waals surface area contributed by atoms with E-state index in [1.807, 2.05) is 30.3 Å². The van der Waals surface area contributed by atoms with Gasteiger partial charge in [-0.25, -0.2) is 4.98 Å². The minimum atomic E-state index is -0.157. The summed E-state index contributed by atoms with van der Waals surface area (Å²) < 4.78 is 5.47. The van der Waals surface area contributed by atoms with Crippen LogP contribution in [0.4, 0.5) is 0 Å². The normalized spacial score (nSPS) is 14.3. The highest BCUT2D eigenvalue weighted by Gasteiger charge is 2.25. The minimum Gasteiger partial charge on any atom is -0.484 e. The minimum absolute atomic E-state index is 0.00210. The lowest BCUT2D eigenvalue weighted by Gasteiger charge is -2.34. The van der Waals surface area contributed by atoms with Crippen molar-refractivity contribution in [1.29, 1.82) is 0 Å². The number of hydrogen-bond donors (Lipinski definition) is 0. The van der Waals surface area contributed by atoms with Gasteiger partial charge in [-0.05, 0) is 12.1 Å². The fourth-order valence-electron chi connectivity index (χ4n) is 2.48. The Morgan fingerprint density at radius 1 is 1.00 bits per heavy atom. The van der Waals surface area contributed by atoms with Crippen LogP contribution >= 0.6 is 0 Å². The Balaban J connectivity index is 1.48. The predicted octanol–water partition coefficient (Wildman–Crippen LogP) is 0.840. The van der Waals surface area contributed by atoms with Gasteiger partial charge in [0.2, 0.25) is 0 Å². The van der Waals surface area contributed by atoms with Crippen molar-refractivity contribution in [2.75, 3.05) is 32.8 Å². The largest absolute Gasteiger partial charge is 0.484 e. The van der Waals surface area contributed by atoms with E-state index < -0.39 is 0 Å². The zero-order chi connectivity index (χ0) is 16.8. The average Bonchev–Trinajstić information content (AvgIpc) is 2.67. The average molecular weight is 326 g/mol. The molecule has 0 saturated carbocycles. The van der Waals surface area contributed by atoms with Crippen LogP contribution in [0.15, 0.2) is 48.9 Å². The van der Waals surface area contributed by atoms with Gasteiger partial charge in [0, 0.05) is 38.6 Å². The monoisotopic (exact) mass is 326 g/mol. The Hall–Kier alpha value is -2.96. The fourth-order valence-corrected chi connectivity index (χ4v) is 2.48. The highest BCUT2D eigenvalue weighted by molar-refractivity contribution is 5.92. The zero-order valence-electron chi connectivity index (χ0n) is 13.2. The van der Waals surface area contributed by atoms with E-state index in [0.29, 0.717) is 37.6 Å². The van der Waals surface area contributed by atoms with E-state index in [1.54, 1.807) is 9.80 Å². The second-order valence-corrected chi connectivity index (χ2v) is 5.37. The lowest BCUT2D eigenvalue weighted by Crippen LogP contribution is -2.51. The number of carbonyl (C=O) groups is 2. The van der Waals surface area contributed by atoms with Gasteiger partial charge in [0.15, 0.2) is 6.61 Å². The molecule has 2 amide bonds. The summed E-state index contributed by atoms with van der Waals surface area (Å²) in [5.41, 5.74) is 0.324. The van der Waals surface area contributed by atoms with Crippen LogP contribution < -0.4 is 4.74 Å². The van der Waals surface area contributed by atoms with Crippen LogP contribution in [0.5, 0.6) is 5.75 Å².